The fourth-order valence-corrected chi connectivity index (χ4v) is 4.53. The van der Waals surface area contributed by atoms with Gasteiger partial charge >= 0.3 is 11.9 Å². The third-order valence-electron chi connectivity index (χ3n) is 7.02. The van der Waals surface area contributed by atoms with E-state index in [1.165, 1.54) is 0 Å². The van der Waals surface area contributed by atoms with Crippen molar-refractivity contribution < 1.29 is 73.8 Å². The monoisotopic (exact) mass is 618 g/mol. The van der Waals surface area contributed by atoms with Crippen LogP contribution in [0.3, 0.4) is 0 Å². The second kappa shape index (κ2) is 15.8. The molecule has 2 saturated heterocycles. The SMILES string of the molecule is COC(=O)C(Cc1ccccc1)NC(=O)C(N)CC(=O)OC[C@H]1O[C@@H](O[C@H]2[C@H](O)[C@@H](O)[C@@H](O)O[C@@H]2CO)[C@H](O)[C@@H](O)[C@H]1O. The highest BCUT2D eigenvalue weighted by Crippen LogP contribution is 2.28. The van der Waals surface area contributed by atoms with Crippen LogP contribution in [0.2, 0.25) is 0 Å². The van der Waals surface area contributed by atoms with E-state index in [1.54, 1.807) is 30.3 Å². The Bertz CT molecular complexity index is 1060. The molecule has 0 spiro atoms. The molecule has 2 heterocycles. The molecule has 2 fully saturated rings. The summed E-state index contributed by atoms with van der Waals surface area (Å²) in [5.74, 6) is -2.58. The van der Waals surface area contributed by atoms with Crippen LogP contribution in [-0.2, 0) is 44.5 Å². The van der Waals surface area contributed by atoms with Crippen LogP contribution in [0.25, 0.3) is 0 Å². The standard InChI is InChI=1S/C26H38N2O15/c1-39-24(37)13(7-11-5-3-2-4-6-11)28-23(36)12(27)8-16(30)40-10-15-17(31)18(32)21(35)26(42-15)43-22-14(9-29)41-25(38)20(34)19(22)33/h2-6,12-15,17-22,25-26,29,31-35,38H,7-10,27H2,1H3,(H,28,36)/t12?,13?,14-,15-,17+,18+,19-,20-,21-,22-,25+,26+/m1/s1. The number of rotatable bonds is 12. The summed E-state index contributed by atoms with van der Waals surface area (Å²) in [5.41, 5.74) is 6.57. The number of esters is 2. The van der Waals surface area contributed by atoms with Crippen LogP contribution in [0.5, 0.6) is 0 Å². The lowest BCUT2D eigenvalue weighted by Crippen LogP contribution is -2.64. The van der Waals surface area contributed by atoms with Gasteiger partial charge in [-0.05, 0) is 5.56 Å². The quantitative estimate of drug-likeness (QED) is 0.0990. The van der Waals surface area contributed by atoms with Crippen molar-refractivity contribution in [1.82, 2.24) is 5.32 Å². The summed E-state index contributed by atoms with van der Waals surface area (Å²) in [6, 6.07) is 6.26. The minimum atomic E-state index is -1.90. The van der Waals surface area contributed by atoms with Crippen molar-refractivity contribution in [1.29, 1.82) is 0 Å². The fourth-order valence-electron chi connectivity index (χ4n) is 4.53. The first-order valence-corrected chi connectivity index (χ1v) is 13.4. The van der Waals surface area contributed by atoms with Crippen LogP contribution in [0.1, 0.15) is 12.0 Å². The van der Waals surface area contributed by atoms with Gasteiger partial charge in [-0.3, -0.25) is 9.59 Å². The predicted octanol–water partition coefficient (Wildman–Crippen LogP) is -5.23. The fraction of sp³-hybridized carbons (Fsp3) is 0.654. The van der Waals surface area contributed by atoms with Crippen molar-refractivity contribution in [2.75, 3.05) is 20.3 Å². The molecular weight excluding hydrogens is 580 g/mol. The van der Waals surface area contributed by atoms with Gasteiger partial charge in [0.1, 0.15) is 61.5 Å². The number of aliphatic hydroxyl groups is 7. The van der Waals surface area contributed by atoms with Gasteiger partial charge < -0.3 is 70.5 Å². The summed E-state index contributed by atoms with van der Waals surface area (Å²) in [7, 11) is 1.15. The minimum absolute atomic E-state index is 0.105. The molecule has 1 aromatic rings. The average Bonchev–Trinajstić information content (AvgIpc) is 3.00. The van der Waals surface area contributed by atoms with E-state index in [1.807, 2.05) is 0 Å². The van der Waals surface area contributed by atoms with Gasteiger partial charge in [0.15, 0.2) is 12.6 Å². The molecule has 12 atom stereocenters. The second-order valence-corrected chi connectivity index (χ2v) is 10.1. The van der Waals surface area contributed by atoms with E-state index in [0.717, 1.165) is 12.7 Å². The third kappa shape index (κ3) is 8.87. The largest absolute Gasteiger partial charge is 0.467 e. The number of aliphatic hydroxyl groups excluding tert-OH is 7. The van der Waals surface area contributed by atoms with Gasteiger partial charge in [0, 0.05) is 6.42 Å². The van der Waals surface area contributed by atoms with Gasteiger partial charge in [0.05, 0.1) is 26.2 Å². The first-order chi connectivity index (χ1) is 20.4. The topological polar surface area (TPSA) is 277 Å². The molecule has 242 valence electrons. The number of benzene rings is 1. The lowest BCUT2D eigenvalue weighted by Gasteiger charge is -2.45. The zero-order valence-electron chi connectivity index (χ0n) is 23.1. The van der Waals surface area contributed by atoms with Crippen LogP contribution < -0.4 is 11.1 Å². The molecule has 2 aliphatic rings. The summed E-state index contributed by atoms with van der Waals surface area (Å²) in [4.78, 5) is 37.2. The Balaban J connectivity index is 1.55. The number of nitrogens with two attached hydrogens (primary N) is 1. The van der Waals surface area contributed by atoms with Crippen molar-refractivity contribution in [2.45, 2.75) is 86.3 Å². The number of nitrogens with one attached hydrogen (secondary N) is 1. The van der Waals surface area contributed by atoms with Gasteiger partial charge in [0.25, 0.3) is 0 Å². The van der Waals surface area contributed by atoms with E-state index < -0.39 is 111 Å². The number of hydrogen-bond donors (Lipinski definition) is 9. The molecule has 10 N–H and O–H groups in total. The number of methoxy groups -OCH3 is 1. The second-order valence-electron chi connectivity index (χ2n) is 10.1. The number of carbonyl (C=O) groups is 3. The van der Waals surface area contributed by atoms with Gasteiger partial charge in [-0.1, -0.05) is 30.3 Å². The van der Waals surface area contributed by atoms with Crippen molar-refractivity contribution in [2.24, 2.45) is 5.73 Å². The molecule has 2 aliphatic heterocycles. The first kappa shape index (κ1) is 34.7. The van der Waals surface area contributed by atoms with Gasteiger partial charge in [-0.25, -0.2) is 4.79 Å². The Labute approximate surface area is 245 Å². The van der Waals surface area contributed by atoms with Crippen molar-refractivity contribution in [3.05, 3.63) is 35.9 Å². The molecule has 1 amide bonds. The lowest BCUT2D eigenvalue weighted by atomic mass is 9.97. The van der Waals surface area contributed by atoms with E-state index in [-0.39, 0.29) is 6.42 Å². The molecule has 1 aromatic carbocycles. The highest BCUT2D eigenvalue weighted by molar-refractivity contribution is 5.90. The molecule has 0 aliphatic carbocycles. The summed E-state index contributed by atoms with van der Waals surface area (Å²) >= 11 is 0. The molecule has 2 unspecified atom stereocenters. The molecule has 0 bridgehead atoms. The maximum atomic E-state index is 12.6. The summed E-state index contributed by atoms with van der Waals surface area (Å²) in [5, 5.41) is 72.7. The van der Waals surface area contributed by atoms with Crippen LogP contribution in [0.4, 0.5) is 0 Å². The maximum Gasteiger partial charge on any atom is 0.328 e. The summed E-state index contributed by atoms with van der Waals surface area (Å²) in [6.07, 6.45) is -17.8. The number of hydrogen-bond acceptors (Lipinski definition) is 16. The molecule has 3 rings (SSSR count). The van der Waals surface area contributed by atoms with Crippen LogP contribution in [-0.4, -0.2) is 147 Å². The number of ether oxygens (including phenoxy) is 5. The molecule has 0 radical (unpaired) electrons. The Morgan fingerprint density at radius 3 is 2.23 bits per heavy atom. The Morgan fingerprint density at radius 2 is 1.60 bits per heavy atom. The third-order valence-corrected chi connectivity index (χ3v) is 7.02. The Kier molecular flexibility index (Phi) is 12.7. The van der Waals surface area contributed by atoms with E-state index in [9.17, 15) is 50.1 Å². The van der Waals surface area contributed by atoms with E-state index in [4.69, 9.17) is 29.4 Å². The predicted molar refractivity (Wildman–Crippen MR) is 139 cm³/mol. The van der Waals surface area contributed by atoms with Crippen LogP contribution in [0.15, 0.2) is 30.3 Å². The van der Waals surface area contributed by atoms with E-state index in [0.29, 0.717) is 0 Å². The average molecular weight is 619 g/mol. The van der Waals surface area contributed by atoms with Gasteiger partial charge in [-0.2, -0.15) is 0 Å². The van der Waals surface area contributed by atoms with Gasteiger partial charge in [0.2, 0.25) is 5.91 Å². The van der Waals surface area contributed by atoms with Crippen molar-refractivity contribution in [3.63, 3.8) is 0 Å². The van der Waals surface area contributed by atoms with Crippen LogP contribution >= 0.6 is 0 Å². The first-order valence-electron chi connectivity index (χ1n) is 13.4. The molecule has 0 aromatic heterocycles. The molecular formula is C26H38N2O15. The number of amides is 1. The van der Waals surface area contributed by atoms with Crippen molar-refractivity contribution in [3.8, 4) is 0 Å². The Hall–Kier alpha value is -2.81. The smallest absolute Gasteiger partial charge is 0.328 e. The molecule has 0 saturated carbocycles. The van der Waals surface area contributed by atoms with E-state index >= 15 is 0 Å². The minimum Gasteiger partial charge on any atom is -0.467 e. The zero-order valence-corrected chi connectivity index (χ0v) is 23.1. The van der Waals surface area contributed by atoms with Gasteiger partial charge in [-0.15, -0.1) is 0 Å². The highest BCUT2D eigenvalue weighted by atomic mass is 16.7. The highest BCUT2D eigenvalue weighted by Gasteiger charge is 2.50. The Morgan fingerprint density at radius 1 is 0.930 bits per heavy atom. The van der Waals surface area contributed by atoms with Crippen LogP contribution in [0, 0.1) is 0 Å². The molecule has 17 nitrogen and oxygen atoms in total. The van der Waals surface area contributed by atoms with Crippen molar-refractivity contribution >= 4 is 17.8 Å². The zero-order chi connectivity index (χ0) is 31.8. The summed E-state index contributed by atoms with van der Waals surface area (Å²) in [6.45, 7) is -1.48. The van der Waals surface area contributed by atoms with E-state index in [2.05, 4.69) is 5.32 Å². The lowest BCUT2D eigenvalue weighted by molar-refractivity contribution is -0.355. The normalized spacial score (nSPS) is 34.1. The maximum absolute atomic E-state index is 12.6. The molecule has 17 heteroatoms. The molecule has 43 heavy (non-hydrogen) atoms. The summed E-state index contributed by atoms with van der Waals surface area (Å²) < 4.78 is 25.6. The number of carbonyl (C=O) groups excluding carboxylic acids is 3.